The number of halogens is 1. The van der Waals surface area contributed by atoms with Crippen molar-refractivity contribution in [2.45, 2.75) is 6.54 Å². The maximum absolute atomic E-state index is 13.2. The SMILES string of the molecule is COc1ccc(C#N)cc1CN(C)c1cccc(F)c1. The minimum atomic E-state index is -0.271. The van der Waals surface area contributed by atoms with Gasteiger partial charge in [0, 0.05) is 24.8 Å². The molecule has 0 aliphatic carbocycles. The van der Waals surface area contributed by atoms with E-state index in [1.54, 1.807) is 31.4 Å². The molecule has 2 rings (SSSR count). The summed E-state index contributed by atoms with van der Waals surface area (Å²) in [4.78, 5) is 1.90. The summed E-state index contributed by atoms with van der Waals surface area (Å²) in [6.45, 7) is 0.530. The van der Waals surface area contributed by atoms with Crippen LogP contribution in [0.1, 0.15) is 11.1 Å². The largest absolute Gasteiger partial charge is 0.496 e. The van der Waals surface area contributed by atoms with Crippen molar-refractivity contribution in [1.82, 2.24) is 0 Å². The fraction of sp³-hybridized carbons (Fsp3) is 0.188. The van der Waals surface area contributed by atoms with E-state index in [-0.39, 0.29) is 5.82 Å². The van der Waals surface area contributed by atoms with Gasteiger partial charge in [0.05, 0.1) is 18.7 Å². The van der Waals surface area contributed by atoms with Crippen LogP contribution in [0.2, 0.25) is 0 Å². The Morgan fingerprint density at radius 1 is 1.25 bits per heavy atom. The third kappa shape index (κ3) is 3.07. The quantitative estimate of drug-likeness (QED) is 0.855. The summed E-state index contributed by atoms with van der Waals surface area (Å²) in [7, 11) is 3.46. The number of benzene rings is 2. The minimum Gasteiger partial charge on any atom is -0.496 e. The normalized spacial score (nSPS) is 9.90. The molecule has 0 aliphatic rings. The molecule has 0 N–H and O–H groups in total. The first-order valence-electron chi connectivity index (χ1n) is 6.17. The second-order valence-corrected chi connectivity index (χ2v) is 4.47. The number of methoxy groups -OCH3 is 1. The molecule has 2 aromatic carbocycles. The Hall–Kier alpha value is -2.54. The fourth-order valence-corrected chi connectivity index (χ4v) is 2.03. The first-order chi connectivity index (χ1) is 9.63. The number of anilines is 1. The molecule has 4 heteroatoms. The minimum absolute atomic E-state index is 0.271. The lowest BCUT2D eigenvalue weighted by molar-refractivity contribution is 0.409. The van der Waals surface area contributed by atoms with E-state index >= 15 is 0 Å². The van der Waals surface area contributed by atoms with Crippen LogP contribution in [0, 0.1) is 17.1 Å². The summed E-state index contributed by atoms with van der Waals surface area (Å²) in [6, 6.07) is 13.8. The first-order valence-corrected chi connectivity index (χ1v) is 6.17. The van der Waals surface area contributed by atoms with E-state index in [1.165, 1.54) is 12.1 Å². The van der Waals surface area contributed by atoms with Gasteiger partial charge in [-0.1, -0.05) is 6.07 Å². The van der Waals surface area contributed by atoms with Crippen molar-refractivity contribution < 1.29 is 9.13 Å². The summed E-state index contributed by atoms with van der Waals surface area (Å²) in [5, 5.41) is 8.96. The van der Waals surface area contributed by atoms with E-state index in [0.717, 1.165) is 11.3 Å². The molecule has 0 unspecified atom stereocenters. The van der Waals surface area contributed by atoms with Gasteiger partial charge in [-0.3, -0.25) is 0 Å². The Bertz CT molecular complexity index is 649. The number of nitrogens with zero attached hydrogens (tertiary/aromatic N) is 2. The fourth-order valence-electron chi connectivity index (χ4n) is 2.03. The Balaban J connectivity index is 2.27. The van der Waals surface area contributed by atoms with Gasteiger partial charge in [-0.2, -0.15) is 5.26 Å². The third-order valence-corrected chi connectivity index (χ3v) is 3.07. The lowest BCUT2D eigenvalue weighted by atomic mass is 10.1. The standard InChI is InChI=1S/C16H15FN2O/c1-19(15-5-3-4-14(17)9-15)11-13-8-12(10-18)6-7-16(13)20-2/h3-9H,11H2,1-2H3. The van der Waals surface area contributed by atoms with E-state index in [0.29, 0.717) is 17.9 Å². The van der Waals surface area contributed by atoms with E-state index in [9.17, 15) is 4.39 Å². The summed E-state index contributed by atoms with van der Waals surface area (Å²) < 4.78 is 18.5. The van der Waals surface area contributed by atoms with Crippen LogP contribution < -0.4 is 9.64 Å². The van der Waals surface area contributed by atoms with Crippen LogP contribution in [0.25, 0.3) is 0 Å². The molecule has 0 aliphatic heterocycles. The molecule has 0 atom stereocenters. The Kier molecular flexibility index (Phi) is 4.21. The molecule has 0 fully saturated rings. The zero-order valence-corrected chi connectivity index (χ0v) is 11.4. The number of hydrogen-bond donors (Lipinski definition) is 0. The molecule has 0 saturated carbocycles. The number of ether oxygens (including phenoxy) is 1. The second kappa shape index (κ2) is 6.07. The summed E-state index contributed by atoms with van der Waals surface area (Å²) in [6.07, 6.45) is 0. The van der Waals surface area contributed by atoms with Crippen LogP contribution in [-0.4, -0.2) is 14.2 Å². The molecule has 102 valence electrons. The lowest BCUT2D eigenvalue weighted by Crippen LogP contribution is -2.17. The van der Waals surface area contributed by atoms with Gasteiger partial charge < -0.3 is 9.64 Å². The Morgan fingerprint density at radius 3 is 2.70 bits per heavy atom. The maximum atomic E-state index is 13.2. The van der Waals surface area contributed by atoms with Crippen molar-refractivity contribution in [3.63, 3.8) is 0 Å². The zero-order valence-electron chi connectivity index (χ0n) is 11.4. The van der Waals surface area contributed by atoms with Gasteiger partial charge in [-0.15, -0.1) is 0 Å². The van der Waals surface area contributed by atoms with Crippen LogP contribution in [0.5, 0.6) is 5.75 Å². The molecule has 3 nitrogen and oxygen atoms in total. The molecule has 0 radical (unpaired) electrons. The molecular weight excluding hydrogens is 255 g/mol. The highest BCUT2D eigenvalue weighted by Crippen LogP contribution is 2.23. The monoisotopic (exact) mass is 270 g/mol. The van der Waals surface area contributed by atoms with Gasteiger partial charge in [0.2, 0.25) is 0 Å². The molecule has 2 aromatic rings. The van der Waals surface area contributed by atoms with Crippen LogP contribution in [0.4, 0.5) is 10.1 Å². The summed E-state index contributed by atoms with van der Waals surface area (Å²) in [5.41, 5.74) is 2.24. The number of nitriles is 1. The molecule has 0 amide bonds. The van der Waals surface area contributed by atoms with Crippen LogP contribution in [-0.2, 0) is 6.54 Å². The van der Waals surface area contributed by atoms with Crippen molar-refractivity contribution in [1.29, 1.82) is 5.26 Å². The van der Waals surface area contributed by atoms with Gasteiger partial charge >= 0.3 is 0 Å². The van der Waals surface area contributed by atoms with Gasteiger partial charge in [-0.25, -0.2) is 4.39 Å². The van der Waals surface area contributed by atoms with Crippen LogP contribution in [0.3, 0.4) is 0 Å². The highest BCUT2D eigenvalue weighted by atomic mass is 19.1. The van der Waals surface area contributed by atoms with Crippen molar-refractivity contribution in [2.75, 3.05) is 19.1 Å². The van der Waals surface area contributed by atoms with Gasteiger partial charge in [0.25, 0.3) is 0 Å². The topological polar surface area (TPSA) is 36.3 Å². The molecule has 0 heterocycles. The second-order valence-electron chi connectivity index (χ2n) is 4.47. The molecule has 0 aromatic heterocycles. The number of rotatable bonds is 4. The van der Waals surface area contributed by atoms with Crippen LogP contribution in [0.15, 0.2) is 42.5 Å². The van der Waals surface area contributed by atoms with Crippen molar-refractivity contribution >= 4 is 5.69 Å². The highest BCUT2D eigenvalue weighted by Gasteiger charge is 2.09. The van der Waals surface area contributed by atoms with Crippen LogP contribution >= 0.6 is 0 Å². The number of hydrogen-bond acceptors (Lipinski definition) is 3. The summed E-state index contributed by atoms with van der Waals surface area (Å²) in [5.74, 6) is 0.444. The smallest absolute Gasteiger partial charge is 0.125 e. The van der Waals surface area contributed by atoms with E-state index in [1.807, 2.05) is 18.0 Å². The molecule has 20 heavy (non-hydrogen) atoms. The molecule has 0 saturated heterocycles. The van der Waals surface area contributed by atoms with Crippen molar-refractivity contribution in [2.24, 2.45) is 0 Å². The Labute approximate surface area is 117 Å². The first kappa shape index (κ1) is 13.9. The molecular formula is C16H15FN2O. The van der Waals surface area contributed by atoms with Gasteiger partial charge in [0.15, 0.2) is 0 Å². The zero-order chi connectivity index (χ0) is 14.5. The predicted octanol–water partition coefficient (Wildman–Crippen LogP) is 3.34. The summed E-state index contributed by atoms with van der Waals surface area (Å²) >= 11 is 0. The van der Waals surface area contributed by atoms with Gasteiger partial charge in [0.1, 0.15) is 11.6 Å². The average Bonchev–Trinajstić information content (AvgIpc) is 2.47. The Morgan fingerprint density at radius 2 is 2.05 bits per heavy atom. The van der Waals surface area contributed by atoms with Crippen molar-refractivity contribution in [3.8, 4) is 11.8 Å². The van der Waals surface area contributed by atoms with E-state index in [4.69, 9.17) is 10.00 Å². The third-order valence-electron chi connectivity index (χ3n) is 3.07. The van der Waals surface area contributed by atoms with Crippen molar-refractivity contribution in [3.05, 3.63) is 59.4 Å². The maximum Gasteiger partial charge on any atom is 0.125 e. The van der Waals surface area contributed by atoms with E-state index in [2.05, 4.69) is 6.07 Å². The lowest BCUT2D eigenvalue weighted by Gasteiger charge is -2.21. The van der Waals surface area contributed by atoms with E-state index < -0.39 is 0 Å². The predicted molar refractivity (Wildman–Crippen MR) is 76.2 cm³/mol. The molecule has 0 bridgehead atoms. The molecule has 0 spiro atoms. The average molecular weight is 270 g/mol. The highest BCUT2D eigenvalue weighted by molar-refractivity contribution is 5.49. The van der Waals surface area contributed by atoms with Gasteiger partial charge in [-0.05, 0) is 36.4 Å².